The molecule has 7 nitrogen and oxygen atoms in total. The molecule has 0 aliphatic carbocycles. The second-order valence-electron chi connectivity index (χ2n) is 6.58. The van der Waals surface area contributed by atoms with Crippen LogP contribution in [0.2, 0.25) is 0 Å². The van der Waals surface area contributed by atoms with Gasteiger partial charge in [0.05, 0.1) is 0 Å². The van der Waals surface area contributed by atoms with Gasteiger partial charge in [0.1, 0.15) is 12.6 Å². The van der Waals surface area contributed by atoms with Gasteiger partial charge < -0.3 is 15.2 Å². The molecule has 1 fully saturated rings. The lowest BCUT2D eigenvalue weighted by molar-refractivity contribution is -0.142. The number of nitrogens with zero attached hydrogens (tertiary/aromatic N) is 1. The third kappa shape index (κ3) is 4.68. The number of likely N-dealkylation sites (tertiary alicyclic amines) is 1. The number of carbonyl (C=O) groups is 3. The average Bonchev–Trinajstić information content (AvgIpc) is 3.21. The van der Waals surface area contributed by atoms with Crippen molar-refractivity contribution >= 4 is 18.0 Å². The van der Waals surface area contributed by atoms with Crippen molar-refractivity contribution in [1.82, 2.24) is 10.2 Å². The lowest BCUT2D eigenvalue weighted by atomic mass is 10.1. The lowest BCUT2D eigenvalue weighted by Crippen LogP contribution is -2.48. The minimum absolute atomic E-state index is 0.117. The number of carboxylic acids is 1. The van der Waals surface area contributed by atoms with Crippen molar-refractivity contribution in [2.24, 2.45) is 0 Å². The van der Waals surface area contributed by atoms with E-state index in [4.69, 9.17) is 4.74 Å². The Balaban J connectivity index is 1.63. The first-order valence-electron chi connectivity index (χ1n) is 9.11. The van der Waals surface area contributed by atoms with Crippen LogP contribution in [0.5, 0.6) is 0 Å². The van der Waals surface area contributed by atoms with E-state index < -0.39 is 30.1 Å². The van der Waals surface area contributed by atoms with Gasteiger partial charge in [-0.25, -0.2) is 9.59 Å². The average molecular weight is 382 g/mol. The van der Waals surface area contributed by atoms with Crippen LogP contribution in [0.1, 0.15) is 30.0 Å². The number of aliphatic carboxylic acids is 1. The van der Waals surface area contributed by atoms with E-state index in [1.54, 1.807) is 30.3 Å². The van der Waals surface area contributed by atoms with Crippen molar-refractivity contribution in [3.05, 3.63) is 71.8 Å². The Bertz CT molecular complexity index is 825. The summed E-state index contributed by atoms with van der Waals surface area (Å²) in [7, 11) is 0. The van der Waals surface area contributed by atoms with Gasteiger partial charge in [-0.3, -0.25) is 9.69 Å². The number of benzene rings is 2. The van der Waals surface area contributed by atoms with E-state index in [1.807, 2.05) is 30.3 Å². The highest BCUT2D eigenvalue weighted by Crippen LogP contribution is 2.21. The number of hydrogen-bond donors (Lipinski definition) is 2. The van der Waals surface area contributed by atoms with Crippen LogP contribution in [0.15, 0.2) is 60.7 Å². The molecule has 1 heterocycles. The summed E-state index contributed by atoms with van der Waals surface area (Å²) in [5.41, 5.74) is 1.32. The summed E-state index contributed by atoms with van der Waals surface area (Å²) in [5, 5.41) is 12.0. The van der Waals surface area contributed by atoms with Crippen LogP contribution in [0.3, 0.4) is 0 Å². The molecule has 1 aliphatic rings. The van der Waals surface area contributed by atoms with Crippen molar-refractivity contribution in [3.63, 3.8) is 0 Å². The zero-order valence-corrected chi connectivity index (χ0v) is 15.3. The standard InChI is InChI=1S/C21H22N2O5/c24-19(22-18(20(25)26)16-10-5-2-6-11-16)17-12-7-13-23(17)21(27)28-14-15-8-3-1-4-9-15/h1-6,8-11,17-18H,7,12-14H2,(H,22,24)(H,25,26)/t17-,18-/m1/s1. The fourth-order valence-corrected chi connectivity index (χ4v) is 3.23. The molecule has 2 N–H and O–H groups in total. The quantitative estimate of drug-likeness (QED) is 0.801. The Morgan fingerprint density at radius 1 is 1.07 bits per heavy atom. The summed E-state index contributed by atoms with van der Waals surface area (Å²) in [5.74, 6) is -1.65. The lowest BCUT2D eigenvalue weighted by Gasteiger charge is -2.25. The minimum atomic E-state index is -1.17. The third-order valence-corrected chi connectivity index (χ3v) is 4.66. The van der Waals surface area contributed by atoms with E-state index in [-0.39, 0.29) is 6.61 Å². The predicted molar refractivity (Wildman–Crippen MR) is 101 cm³/mol. The molecule has 28 heavy (non-hydrogen) atoms. The van der Waals surface area contributed by atoms with Crippen molar-refractivity contribution in [2.75, 3.05) is 6.54 Å². The molecular weight excluding hydrogens is 360 g/mol. The van der Waals surface area contributed by atoms with E-state index >= 15 is 0 Å². The molecule has 2 atom stereocenters. The van der Waals surface area contributed by atoms with Gasteiger partial charge in [0.25, 0.3) is 0 Å². The monoisotopic (exact) mass is 382 g/mol. The summed E-state index contributed by atoms with van der Waals surface area (Å²) >= 11 is 0. The van der Waals surface area contributed by atoms with Gasteiger partial charge in [0.15, 0.2) is 6.04 Å². The van der Waals surface area contributed by atoms with Gasteiger partial charge in [-0.1, -0.05) is 60.7 Å². The second kappa shape index (κ2) is 9.03. The highest BCUT2D eigenvalue weighted by molar-refractivity contribution is 5.90. The van der Waals surface area contributed by atoms with Gasteiger partial charge in [0, 0.05) is 6.54 Å². The number of amides is 2. The number of ether oxygens (including phenoxy) is 1. The van der Waals surface area contributed by atoms with Crippen LogP contribution in [-0.4, -0.2) is 40.6 Å². The number of rotatable bonds is 6. The maximum absolute atomic E-state index is 12.7. The van der Waals surface area contributed by atoms with Crippen LogP contribution in [0, 0.1) is 0 Å². The molecule has 146 valence electrons. The molecule has 0 radical (unpaired) electrons. The number of carbonyl (C=O) groups excluding carboxylic acids is 2. The first-order valence-corrected chi connectivity index (χ1v) is 9.11. The molecule has 0 unspecified atom stereocenters. The topological polar surface area (TPSA) is 95.9 Å². The van der Waals surface area contributed by atoms with E-state index in [0.29, 0.717) is 24.9 Å². The predicted octanol–water partition coefficient (Wildman–Crippen LogP) is 2.73. The fraction of sp³-hybridized carbons (Fsp3) is 0.286. The Labute approximate surface area is 162 Å². The maximum Gasteiger partial charge on any atom is 0.410 e. The maximum atomic E-state index is 12.7. The Morgan fingerprint density at radius 3 is 2.36 bits per heavy atom. The SMILES string of the molecule is O=C(N[C@@H](C(=O)O)c1ccccc1)[C@H]1CCCN1C(=O)OCc1ccccc1. The van der Waals surface area contributed by atoms with Gasteiger partial charge >= 0.3 is 12.1 Å². The van der Waals surface area contributed by atoms with E-state index in [1.165, 1.54) is 4.90 Å². The fourth-order valence-electron chi connectivity index (χ4n) is 3.23. The summed E-state index contributed by atoms with van der Waals surface area (Å²) in [6.45, 7) is 0.515. The van der Waals surface area contributed by atoms with Crippen molar-refractivity contribution < 1.29 is 24.2 Å². The molecule has 2 aromatic carbocycles. The molecule has 0 spiro atoms. The highest BCUT2D eigenvalue weighted by Gasteiger charge is 2.37. The van der Waals surface area contributed by atoms with E-state index in [9.17, 15) is 19.5 Å². The summed E-state index contributed by atoms with van der Waals surface area (Å²) in [6, 6.07) is 15.8. The summed E-state index contributed by atoms with van der Waals surface area (Å²) in [6.07, 6.45) is 0.544. The van der Waals surface area contributed by atoms with Crippen molar-refractivity contribution in [1.29, 1.82) is 0 Å². The van der Waals surface area contributed by atoms with Gasteiger partial charge in [0.2, 0.25) is 5.91 Å². The molecule has 2 amide bonds. The van der Waals surface area contributed by atoms with Crippen molar-refractivity contribution in [3.8, 4) is 0 Å². The molecule has 2 aromatic rings. The number of hydrogen-bond acceptors (Lipinski definition) is 4. The summed E-state index contributed by atoms with van der Waals surface area (Å²) < 4.78 is 5.32. The minimum Gasteiger partial charge on any atom is -0.479 e. The second-order valence-corrected chi connectivity index (χ2v) is 6.58. The molecule has 0 aromatic heterocycles. The van der Waals surface area contributed by atoms with Crippen LogP contribution in [0.4, 0.5) is 4.79 Å². The summed E-state index contributed by atoms with van der Waals surface area (Å²) in [4.78, 5) is 38.1. The molecule has 0 saturated carbocycles. The molecule has 7 heteroatoms. The van der Waals surface area contributed by atoms with Crippen LogP contribution >= 0.6 is 0 Å². The smallest absolute Gasteiger partial charge is 0.410 e. The van der Waals surface area contributed by atoms with Gasteiger partial charge in [-0.2, -0.15) is 0 Å². The van der Waals surface area contributed by atoms with Crippen LogP contribution < -0.4 is 5.32 Å². The zero-order chi connectivity index (χ0) is 19.9. The number of carboxylic acid groups (broad SMARTS) is 1. The zero-order valence-electron chi connectivity index (χ0n) is 15.3. The van der Waals surface area contributed by atoms with Crippen LogP contribution in [-0.2, 0) is 20.9 Å². The third-order valence-electron chi connectivity index (χ3n) is 4.66. The molecule has 3 rings (SSSR count). The largest absolute Gasteiger partial charge is 0.479 e. The van der Waals surface area contributed by atoms with Crippen LogP contribution in [0.25, 0.3) is 0 Å². The molecule has 0 bridgehead atoms. The molecule has 1 aliphatic heterocycles. The molecule has 1 saturated heterocycles. The Hall–Kier alpha value is -3.35. The molecular formula is C21H22N2O5. The Kier molecular flexibility index (Phi) is 6.26. The van der Waals surface area contributed by atoms with Gasteiger partial charge in [-0.05, 0) is 24.0 Å². The Morgan fingerprint density at radius 2 is 1.71 bits per heavy atom. The van der Waals surface area contributed by atoms with E-state index in [0.717, 1.165) is 5.56 Å². The van der Waals surface area contributed by atoms with Crippen molar-refractivity contribution in [2.45, 2.75) is 31.5 Å². The normalized spacial score (nSPS) is 17.0. The first kappa shape index (κ1) is 19.4. The van der Waals surface area contributed by atoms with Gasteiger partial charge in [-0.15, -0.1) is 0 Å². The first-order chi connectivity index (χ1) is 13.6. The highest BCUT2D eigenvalue weighted by atomic mass is 16.6. The number of nitrogens with one attached hydrogen (secondary N) is 1. The van der Waals surface area contributed by atoms with E-state index in [2.05, 4.69) is 5.32 Å².